The van der Waals surface area contributed by atoms with E-state index in [1.54, 1.807) is 0 Å². The SMILES string of the molecule is CCCC(C)(C)NS(=O)(=O)Cc1cccc(CNC)c1. The Labute approximate surface area is 123 Å². The van der Waals surface area contributed by atoms with Gasteiger partial charge in [-0.25, -0.2) is 13.1 Å². The highest BCUT2D eigenvalue weighted by Crippen LogP contribution is 2.15. The van der Waals surface area contributed by atoms with Crippen molar-refractivity contribution in [3.8, 4) is 0 Å². The van der Waals surface area contributed by atoms with Crippen molar-refractivity contribution in [1.82, 2.24) is 10.0 Å². The predicted molar refractivity (Wildman–Crippen MR) is 84.0 cm³/mol. The molecular formula is C15H26N2O2S. The number of benzene rings is 1. The first-order valence-corrected chi connectivity index (χ1v) is 8.67. The molecule has 2 N–H and O–H groups in total. The Balaban J connectivity index is 2.78. The van der Waals surface area contributed by atoms with Gasteiger partial charge in [0.2, 0.25) is 10.0 Å². The van der Waals surface area contributed by atoms with Crippen LogP contribution in [-0.4, -0.2) is 21.0 Å². The van der Waals surface area contributed by atoms with Crippen molar-refractivity contribution in [2.75, 3.05) is 7.05 Å². The standard InChI is InChI=1S/C15H26N2O2S/c1-5-9-15(2,3)17-20(18,19)12-14-8-6-7-13(10-14)11-16-4/h6-8,10,16-17H,5,9,11-12H2,1-4H3. The summed E-state index contributed by atoms with van der Waals surface area (Å²) in [5.41, 5.74) is 1.52. The molecule has 114 valence electrons. The van der Waals surface area contributed by atoms with Crippen LogP contribution in [0.4, 0.5) is 0 Å². The van der Waals surface area contributed by atoms with Crippen molar-refractivity contribution in [2.24, 2.45) is 0 Å². The lowest BCUT2D eigenvalue weighted by Crippen LogP contribution is -2.43. The molecular weight excluding hydrogens is 272 g/mol. The minimum Gasteiger partial charge on any atom is -0.316 e. The lowest BCUT2D eigenvalue weighted by atomic mass is 10.0. The molecule has 0 saturated carbocycles. The Hall–Kier alpha value is -0.910. The summed E-state index contributed by atoms with van der Waals surface area (Å²) < 4.78 is 27.3. The van der Waals surface area contributed by atoms with Gasteiger partial charge in [-0.2, -0.15) is 0 Å². The first-order chi connectivity index (χ1) is 9.28. The molecule has 1 rings (SSSR count). The average Bonchev–Trinajstić information content (AvgIpc) is 2.26. The molecule has 0 amide bonds. The molecule has 0 heterocycles. The molecule has 0 bridgehead atoms. The van der Waals surface area contributed by atoms with E-state index in [0.29, 0.717) is 0 Å². The van der Waals surface area contributed by atoms with Crippen molar-refractivity contribution in [3.05, 3.63) is 35.4 Å². The van der Waals surface area contributed by atoms with Crippen LogP contribution < -0.4 is 10.0 Å². The highest BCUT2D eigenvalue weighted by molar-refractivity contribution is 7.88. The number of rotatable bonds is 8. The van der Waals surface area contributed by atoms with Crippen molar-refractivity contribution in [3.63, 3.8) is 0 Å². The third kappa shape index (κ3) is 6.03. The molecule has 0 radical (unpaired) electrons. The Bertz CT molecular complexity index is 524. The van der Waals surface area contributed by atoms with Crippen LogP contribution in [0.5, 0.6) is 0 Å². The van der Waals surface area contributed by atoms with E-state index in [-0.39, 0.29) is 5.75 Å². The predicted octanol–water partition coefficient (Wildman–Crippen LogP) is 2.40. The highest BCUT2D eigenvalue weighted by Gasteiger charge is 2.24. The molecule has 20 heavy (non-hydrogen) atoms. The van der Waals surface area contributed by atoms with Crippen LogP contribution in [0.1, 0.15) is 44.7 Å². The minimum absolute atomic E-state index is 0.0255. The maximum absolute atomic E-state index is 12.2. The normalized spacial score (nSPS) is 12.6. The van der Waals surface area contributed by atoms with E-state index >= 15 is 0 Å². The van der Waals surface area contributed by atoms with E-state index in [4.69, 9.17) is 0 Å². The lowest BCUT2D eigenvalue weighted by Gasteiger charge is -2.25. The monoisotopic (exact) mass is 298 g/mol. The van der Waals surface area contributed by atoms with Gasteiger partial charge in [-0.1, -0.05) is 37.6 Å². The number of nitrogens with one attached hydrogen (secondary N) is 2. The summed E-state index contributed by atoms with van der Waals surface area (Å²) in [6.07, 6.45) is 1.78. The van der Waals surface area contributed by atoms with Gasteiger partial charge in [0.15, 0.2) is 0 Å². The van der Waals surface area contributed by atoms with Crippen LogP contribution in [0.15, 0.2) is 24.3 Å². The largest absolute Gasteiger partial charge is 0.316 e. The molecule has 5 heteroatoms. The molecule has 0 aliphatic heterocycles. The third-order valence-electron chi connectivity index (χ3n) is 3.04. The molecule has 0 fully saturated rings. The Morgan fingerprint density at radius 1 is 1.20 bits per heavy atom. The molecule has 0 saturated heterocycles. The van der Waals surface area contributed by atoms with E-state index in [1.165, 1.54) is 0 Å². The zero-order chi connectivity index (χ0) is 15.2. The second-order valence-electron chi connectivity index (χ2n) is 5.85. The first kappa shape index (κ1) is 17.1. The van der Waals surface area contributed by atoms with Gasteiger partial charge in [0.05, 0.1) is 5.75 Å². The zero-order valence-corrected chi connectivity index (χ0v) is 13.7. The molecule has 0 spiro atoms. The van der Waals surface area contributed by atoms with Crippen molar-refractivity contribution in [2.45, 2.75) is 51.4 Å². The molecule has 4 nitrogen and oxygen atoms in total. The number of sulfonamides is 1. The summed E-state index contributed by atoms with van der Waals surface area (Å²) in [6, 6.07) is 7.67. The summed E-state index contributed by atoms with van der Waals surface area (Å²) in [5.74, 6) is 0.0255. The molecule has 0 aromatic heterocycles. The van der Waals surface area contributed by atoms with Crippen LogP contribution in [-0.2, 0) is 22.3 Å². The third-order valence-corrected chi connectivity index (χ3v) is 4.61. The van der Waals surface area contributed by atoms with Crippen LogP contribution in [0.3, 0.4) is 0 Å². The van der Waals surface area contributed by atoms with E-state index in [0.717, 1.165) is 30.5 Å². The summed E-state index contributed by atoms with van der Waals surface area (Å²) in [4.78, 5) is 0. The van der Waals surface area contributed by atoms with E-state index < -0.39 is 15.6 Å². The first-order valence-electron chi connectivity index (χ1n) is 7.02. The fraction of sp³-hybridized carbons (Fsp3) is 0.600. The quantitative estimate of drug-likeness (QED) is 0.775. The van der Waals surface area contributed by atoms with Crippen molar-refractivity contribution < 1.29 is 8.42 Å². The topological polar surface area (TPSA) is 58.2 Å². The van der Waals surface area contributed by atoms with E-state index in [2.05, 4.69) is 17.0 Å². The van der Waals surface area contributed by atoms with Crippen molar-refractivity contribution in [1.29, 1.82) is 0 Å². The molecule has 0 atom stereocenters. The average molecular weight is 298 g/mol. The van der Waals surface area contributed by atoms with Gasteiger partial charge in [0, 0.05) is 12.1 Å². The van der Waals surface area contributed by atoms with Gasteiger partial charge in [-0.05, 0) is 38.4 Å². The Kier molecular flexibility index (Phi) is 6.17. The van der Waals surface area contributed by atoms with E-state index in [9.17, 15) is 8.42 Å². The van der Waals surface area contributed by atoms with Crippen molar-refractivity contribution >= 4 is 10.0 Å². The lowest BCUT2D eigenvalue weighted by molar-refractivity contribution is 0.417. The van der Waals surface area contributed by atoms with Crippen LogP contribution >= 0.6 is 0 Å². The molecule has 0 unspecified atom stereocenters. The van der Waals surface area contributed by atoms with Gasteiger partial charge in [-0.3, -0.25) is 0 Å². The fourth-order valence-corrected chi connectivity index (χ4v) is 4.02. The number of hydrogen-bond acceptors (Lipinski definition) is 3. The maximum atomic E-state index is 12.2. The Morgan fingerprint density at radius 3 is 2.45 bits per heavy atom. The van der Waals surface area contributed by atoms with Crippen LogP contribution in [0, 0.1) is 0 Å². The van der Waals surface area contributed by atoms with Gasteiger partial charge in [0.25, 0.3) is 0 Å². The van der Waals surface area contributed by atoms with Gasteiger partial charge >= 0.3 is 0 Å². The van der Waals surface area contributed by atoms with Gasteiger partial charge < -0.3 is 5.32 Å². The zero-order valence-electron chi connectivity index (χ0n) is 12.9. The van der Waals surface area contributed by atoms with Gasteiger partial charge in [-0.15, -0.1) is 0 Å². The summed E-state index contributed by atoms with van der Waals surface area (Å²) in [7, 11) is -1.44. The highest BCUT2D eigenvalue weighted by atomic mass is 32.2. The van der Waals surface area contributed by atoms with Gasteiger partial charge in [0.1, 0.15) is 0 Å². The fourth-order valence-electron chi connectivity index (χ4n) is 2.39. The van der Waals surface area contributed by atoms with Crippen LogP contribution in [0.2, 0.25) is 0 Å². The summed E-state index contributed by atoms with van der Waals surface area (Å²) in [6.45, 7) is 6.64. The smallest absolute Gasteiger partial charge is 0.216 e. The summed E-state index contributed by atoms with van der Waals surface area (Å²) in [5, 5.41) is 3.06. The molecule has 1 aromatic carbocycles. The second-order valence-corrected chi connectivity index (χ2v) is 7.57. The second kappa shape index (κ2) is 7.20. The van der Waals surface area contributed by atoms with E-state index in [1.807, 2.05) is 45.2 Å². The number of hydrogen-bond donors (Lipinski definition) is 2. The molecule has 1 aromatic rings. The summed E-state index contributed by atoms with van der Waals surface area (Å²) >= 11 is 0. The molecule has 0 aliphatic rings. The van der Waals surface area contributed by atoms with Crippen LogP contribution in [0.25, 0.3) is 0 Å². The maximum Gasteiger partial charge on any atom is 0.216 e. The molecule has 0 aliphatic carbocycles. The minimum atomic E-state index is -3.32. The Morgan fingerprint density at radius 2 is 1.85 bits per heavy atom.